The maximum Gasteiger partial charge on any atom is 0.109 e. The Morgan fingerprint density at radius 1 is 1.24 bits per heavy atom. The third kappa shape index (κ3) is 1.18. The molecule has 1 saturated carbocycles. The summed E-state index contributed by atoms with van der Waals surface area (Å²) in [7, 11) is 0. The number of amidine groups is 1. The number of rotatable bonds is 0. The minimum atomic E-state index is 0.759. The second kappa shape index (κ2) is 3.12. The van der Waals surface area contributed by atoms with Crippen molar-refractivity contribution in [3.05, 3.63) is 28.8 Å². The maximum atomic E-state index is 4.93. The summed E-state index contributed by atoms with van der Waals surface area (Å²) in [6.45, 7) is 5.54. The molecule has 0 aromatic heterocycles. The normalized spacial score (nSPS) is 29.1. The largest absolute Gasteiger partial charge is 0.352 e. The number of aliphatic imine (C=N–C) groups is 1. The summed E-state index contributed by atoms with van der Waals surface area (Å²) < 4.78 is 0. The van der Waals surface area contributed by atoms with Gasteiger partial charge in [0.05, 0.1) is 5.69 Å². The van der Waals surface area contributed by atoms with E-state index >= 15 is 0 Å². The summed E-state index contributed by atoms with van der Waals surface area (Å²) in [6, 6.07) is 5.20. The Labute approximate surface area is 102 Å². The Hall–Kier alpha value is -1.31. The second-order valence-corrected chi connectivity index (χ2v) is 5.77. The van der Waals surface area contributed by atoms with E-state index in [-0.39, 0.29) is 0 Å². The van der Waals surface area contributed by atoms with E-state index < -0.39 is 0 Å². The van der Waals surface area contributed by atoms with Gasteiger partial charge in [0, 0.05) is 24.1 Å². The zero-order valence-electron chi connectivity index (χ0n) is 10.5. The summed E-state index contributed by atoms with van der Waals surface area (Å²) >= 11 is 0. The molecule has 2 atom stereocenters. The van der Waals surface area contributed by atoms with Crippen molar-refractivity contribution < 1.29 is 0 Å². The lowest BCUT2D eigenvalue weighted by Crippen LogP contribution is -2.38. The molecule has 17 heavy (non-hydrogen) atoms. The summed E-state index contributed by atoms with van der Waals surface area (Å²) in [5.41, 5.74) is 5.52. The smallest absolute Gasteiger partial charge is 0.109 e. The highest BCUT2D eigenvalue weighted by molar-refractivity contribution is 5.92. The number of nitrogens with zero attached hydrogens (tertiary/aromatic N) is 2. The van der Waals surface area contributed by atoms with E-state index in [1.807, 2.05) is 0 Å². The highest BCUT2D eigenvalue weighted by Gasteiger charge is 2.44. The molecular formula is C15H18N2. The Kier molecular flexibility index (Phi) is 1.78. The Bertz CT molecular complexity index is 530. The monoisotopic (exact) mass is 226 g/mol. The zero-order valence-corrected chi connectivity index (χ0v) is 10.5. The van der Waals surface area contributed by atoms with Crippen LogP contribution in [-0.2, 0) is 6.54 Å². The van der Waals surface area contributed by atoms with Crippen LogP contribution in [0.2, 0.25) is 0 Å². The van der Waals surface area contributed by atoms with E-state index in [1.54, 1.807) is 0 Å². The van der Waals surface area contributed by atoms with Crippen LogP contribution in [0.3, 0.4) is 0 Å². The van der Waals surface area contributed by atoms with Crippen molar-refractivity contribution in [1.29, 1.82) is 0 Å². The summed E-state index contributed by atoms with van der Waals surface area (Å²) in [6.07, 6.45) is 4.09. The summed E-state index contributed by atoms with van der Waals surface area (Å²) in [5.74, 6) is 2.15. The van der Waals surface area contributed by atoms with Gasteiger partial charge in [-0.25, -0.2) is 4.99 Å². The van der Waals surface area contributed by atoms with Crippen molar-refractivity contribution in [2.24, 2.45) is 10.9 Å². The van der Waals surface area contributed by atoms with E-state index in [1.165, 1.54) is 47.5 Å². The molecule has 2 fully saturated rings. The molecule has 1 aliphatic carbocycles. The van der Waals surface area contributed by atoms with Gasteiger partial charge in [0.25, 0.3) is 0 Å². The van der Waals surface area contributed by atoms with Crippen molar-refractivity contribution in [1.82, 2.24) is 4.90 Å². The van der Waals surface area contributed by atoms with Crippen LogP contribution in [0.1, 0.15) is 36.0 Å². The van der Waals surface area contributed by atoms with Crippen LogP contribution in [0.15, 0.2) is 17.1 Å². The van der Waals surface area contributed by atoms with Gasteiger partial charge in [-0.1, -0.05) is 6.07 Å². The van der Waals surface area contributed by atoms with Gasteiger partial charge >= 0.3 is 0 Å². The Morgan fingerprint density at radius 2 is 2.12 bits per heavy atom. The fraction of sp³-hybridized carbons (Fsp3) is 0.533. The molecule has 0 spiro atoms. The Balaban J connectivity index is 1.87. The number of piperidine rings is 1. The van der Waals surface area contributed by atoms with E-state index in [9.17, 15) is 0 Å². The predicted molar refractivity (Wildman–Crippen MR) is 69.7 cm³/mol. The van der Waals surface area contributed by atoms with Gasteiger partial charge in [0.2, 0.25) is 0 Å². The fourth-order valence-corrected chi connectivity index (χ4v) is 3.72. The van der Waals surface area contributed by atoms with Crippen LogP contribution in [-0.4, -0.2) is 16.8 Å². The van der Waals surface area contributed by atoms with E-state index in [4.69, 9.17) is 4.99 Å². The first kappa shape index (κ1) is 9.69. The van der Waals surface area contributed by atoms with Gasteiger partial charge in [0.15, 0.2) is 0 Å². The predicted octanol–water partition coefficient (Wildman–Crippen LogP) is 3.33. The number of benzene rings is 1. The third-order valence-electron chi connectivity index (χ3n) is 4.91. The average molecular weight is 226 g/mol. The maximum absolute atomic E-state index is 4.93. The molecule has 0 amide bonds. The van der Waals surface area contributed by atoms with Gasteiger partial charge in [-0.15, -0.1) is 0 Å². The van der Waals surface area contributed by atoms with Gasteiger partial charge in [0.1, 0.15) is 5.84 Å². The first-order chi connectivity index (χ1) is 8.24. The van der Waals surface area contributed by atoms with Crippen LogP contribution >= 0.6 is 0 Å². The molecule has 2 bridgehead atoms. The zero-order chi connectivity index (χ0) is 11.6. The number of fused-ring (bicyclic) bond motifs is 6. The molecule has 88 valence electrons. The minimum absolute atomic E-state index is 0.759. The molecule has 2 aliphatic heterocycles. The van der Waals surface area contributed by atoms with Crippen molar-refractivity contribution in [2.75, 3.05) is 0 Å². The second-order valence-electron chi connectivity index (χ2n) is 5.77. The summed E-state index contributed by atoms with van der Waals surface area (Å²) in [4.78, 5) is 7.51. The molecule has 1 aromatic carbocycles. The Morgan fingerprint density at radius 3 is 3.00 bits per heavy atom. The third-order valence-corrected chi connectivity index (χ3v) is 4.91. The first-order valence-electron chi connectivity index (χ1n) is 6.68. The molecule has 2 heterocycles. The molecule has 4 rings (SSSR count). The fourth-order valence-electron chi connectivity index (χ4n) is 3.72. The highest BCUT2D eigenvalue weighted by Crippen LogP contribution is 2.44. The standard InChI is InChI=1S/C15H18N2/c1-9-3-6-14-13(10(9)2)8-17-12-5-4-11(7-12)15(17)16-14/h3,6,11-12H,4-5,7-8H2,1-2H3. The SMILES string of the molecule is Cc1ccc2c(c1C)CN1C(=N2)C2CCC1C2. The highest BCUT2D eigenvalue weighted by atomic mass is 15.3. The molecule has 0 radical (unpaired) electrons. The van der Waals surface area contributed by atoms with E-state index in [0.717, 1.165) is 18.5 Å². The number of aryl methyl sites for hydroxylation is 1. The lowest BCUT2D eigenvalue weighted by Gasteiger charge is -2.34. The molecule has 1 aromatic rings. The van der Waals surface area contributed by atoms with Crippen molar-refractivity contribution in [3.8, 4) is 0 Å². The van der Waals surface area contributed by atoms with Gasteiger partial charge in [-0.05, 0) is 50.3 Å². The van der Waals surface area contributed by atoms with Crippen LogP contribution in [0, 0.1) is 19.8 Å². The van der Waals surface area contributed by atoms with Gasteiger partial charge < -0.3 is 4.90 Å². The summed E-state index contributed by atoms with van der Waals surface area (Å²) in [5, 5.41) is 0. The van der Waals surface area contributed by atoms with Crippen molar-refractivity contribution in [3.63, 3.8) is 0 Å². The van der Waals surface area contributed by atoms with Crippen molar-refractivity contribution >= 4 is 11.5 Å². The molecule has 2 heteroatoms. The van der Waals surface area contributed by atoms with Crippen LogP contribution in [0.5, 0.6) is 0 Å². The van der Waals surface area contributed by atoms with Crippen LogP contribution in [0.25, 0.3) is 0 Å². The lowest BCUT2D eigenvalue weighted by atomic mass is 9.97. The van der Waals surface area contributed by atoms with E-state index in [2.05, 4.69) is 30.9 Å². The molecule has 0 N–H and O–H groups in total. The number of hydrogen-bond donors (Lipinski definition) is 0. The van der Waals surface area contributed by atoms with E-state index in [0.29, 0.717) is 0 Å². The van der Waals surface area contributed by atoms with Crippen LogP contribution < -0.4 is 0 Å². The topological polar surface area (TPSA) is 15.6 Å². The molecule has 2 unspecified atom stereocenters. The lowest BCUT2D eigenvalue weighted by molar-refractivity contribution is 0.316. The quantitative estimate of drug-likeness (QED) is 0.662. The minimum Gasteiger partial charge on any atom is -0.352 e. The first-order valence-corrected chi connectivity index (χ1v) is 6.68. The molecule has 3 aliphatic rings. The van der Waals surface area contributed by atoms with Gasteiger partial charge in [-0.2, -0.15) is 0 Å². The molecule has 2 nitrogen and oxygen atoms in total. The average Bonchev–Trinajstić information content (AvgIpc) is 2.94. The van der Waals surface area contributed by atoms with Crippen molar-refractivity contribution in [2.45, 2.75) is 45.7 Å². The van der Waals surface area contributed by atoms with Gasteiger partial charge in [-0.3, -0.25) is 0 Å². The number of hydrogen-bond acceptors (Lipinski definition) is 2. The van der Waals surface area contributed by atoms with Crippen LogP contribution in [0.4, 0.5) is 5.69 Å². The molecular weight excluding hydrogens is 208 g/mol. The molecule has 1 saturated heterocycles.